The Morgan fingerprint density at radius 1 is 1.37 bits per heavy atom. The van der Waals surface area contributed by atoms with Crippen LogP contribution in [0.15, 0.2) is 29.8 Å². The molecule has 0 bridgehead atoms. The monoisotopic (exact) mass is 284 g/mol. The van der Waals surface area contributed by atoms with Gasteiger partial charge in [-0.2, -0.15) is 18.4 Å². The maximum absolute atomic E-state index is 12.8. The molecule has 0 saturated heterocycles. The maximum Gasteiger partial charge on any atom is 0.420 e. The van der Waals surface area contributed by atoms with Gasteiger partial charge in [-0.1, -0.05) is 0 Å². The summed E-state index contributed by atoms with van der Waals surface area (Å²) in [4.78, 5) is 3.92. The molecule has 0 amide bonds. The van der Waals surface area contributed by atoms with Crippen LogP contribution in [-0.4, -0.2) is 4.98 Å². The average molecular weight is 284 g/mol. The standard InChI is InChI=1S/C12H7F3N2OS/c13-12(14,15)9-5-8(6-16)1-2-10(9)18-7-11-17-3-4-19-11/h1-5H,7H2. The van der Waals surface area contributed by atoms with Gasteiger partial charge in [0.2, 0.25) is 0 Å². The summed E-state index contributed by atoms with van der Waals surface area (Å²) in [7, 11) is 0. The quantitative estimate of drug-likeness (QED) is 0.865. The average Bonchev–Trinajstić information content (AvgIpc) is 2.88. The molecule has 0 radical (unpaired) electrons. The van der Waals surface area contributed by atoms with Crippen LogP contribution in [0.25, 0.3) is 0 Å². The van der Waals surface area contributed by atoms with Gasteiger partial charge in [-0.05, 0) is 18.2 Å². The number of nitrogens with zero attached hydrogens (tertiary/aromatic N) is 2. The van der Waals surface area contributed by atoms with Crippen molar-refractivity contribution < 1.29 is 17.9 Å². The molecule has 7 heteroatoms. The molecule has 3 nitrogen and oxygen atoms in total. The lowest BCUT2D eigenvalue weighted by atomic mass is 10.1. The number of rotatable bonds is 3. The normalized spacial score (nSPS) is 11.1. The number of alkyl halides is 3. The Bertz CT molecular complexity index is 602. The van der Waals surface area contributed by atoms with Gasteiger partial charge < -0.3 is 4.74 Å². The van der Waals surface area contributed by atoms with Crippen molar-refractivity contribution in [1.82, 2.24) is 4.98 Å². The summed E-state index contributed by atoms with van der Waals surface area (Å²) in [6, 6.07) is 4.88. The summed E-state index contributed by atoms with van der Waals surface area (Å²) in [5, 5.41) is 10.9. The van der Waals surface area contributed by atoms with Gasteiger partial charge in [0.05, 0.1) is 17.2 Å². The Balaban J connectivity index is 2.27. The van der Waals surface area contributed by atoms with Crippen molar-refractivity contribution in [3.8, 4) is 11.8 Å². The summed E-state index contributed by atoms with van der Waals surface area (Å²) in [5.74, 6) is -0.304. The van der Waals surface area contributed by atoms with E-state index in [-0.39, 0.29) is 17.9 Å². The molecule has 0 aliphatic rings. The van der Waals surface area contributed by atoms with Gasteiger partial charge in [-0.25, -0.2) is 4.98 Å². The lowest BCUT2D eigenvalue weighted by Crippen LogP contribution is -2.09. The Kier molecular flexibility index (Phi) is 3.71. The lowest BCUT2D eigenvalue weighted by molar-refractivity contribution is -0.139. The van der Waals surface area contributed by atoms with E-state index in [2.05, 4.69) is 4.98 Å². The van der Waals surface area contributed by atoms with Crippen LogP contribution in [0.3, 0.4) is 0 Å². The molecule has 2 aromatic rings. The molecule has 2 rings (SSSR count). The first kappa shape index (κ1) is 13.4. The molecule has 0 saturated carbocycles. The zero-order valence-electron chi connectivity index (χ0n) is 9.44. The van der Waals surface area contributed by atoms with Gasteiger partial charge in [0.25, 0.3) is 0 Å². The van der Waals surface area contributed by atoms with Crippen molar-refractivity contribution in [3.05, 3.63) is 45.9 Å². The van der Waals surface area contributed by atoms with Gasteiger partial charge in [-0.3, -0.25) is 0 Å². The topological polar surface area (TPSA) is 45.9 Å². The minimum Gasteiger partial charge on any atom is -0.486 e. The number of nitriles is 1. The minimum atomic E-state index is -4.56. The van der Waals surface area contributed by atoms with E-state index in [9.17, 15) is 13.2 Å². The molecule has 1 heterocycles. The van der Waals surface area contributed by atoms with E-state index in [0.29, 0.717) is 5.01 Å². The third-order valence-electron chi connectivity index (χ3n) is 2.25. The molecule has 0 atom stereocenters. The molecule has 0 aliphatic carbocycles. The first-order chi connectivity index (χ1) is 9.00. The summed E-state index contributed by atoms with van der Waals surface area (Å²) < 4.78 is 43.6. The highest BCUT2D eigenvalue weighted by Crippen LogP contribution is 2.37. The molecular formula is C12H7F3N2OS. The van der Waals surface area contributed by atoms with Crippen molar-refractivity contribution in [1.29, 1.82) is 5.26 Å². The molecule has 0 aliphatic heterocycles. The predicted molar refractivity (Wildman–Crippen MR) is 62.6 cm³/mol. The van der Waals surface area contributed by atoms with Gasteiger partial charge in [0.15, 0.2) is 0 Å². The first-order valence-corrected chi connectivity index (χ1v) is 6.01. The number of aromatic nitrogens is 1. The van der Waals surface area contributed by atoms with Crippen molar-refractivity contribution in [2.75, 3.05) is 0 Å². The second-order valence-corrected chi connectivity index (χ2v) is 4.51. The molecule has 0 N–H and O–H groups in total. The third kappa shape index (κ3) is 3.23. The third-order valence-corrected chi connectivity index (χ3v) is 3.00. The SMILES string of the molecule is N#Cc1ccc(OCc2nccs2)c(C(F)(F)F)c1. The fraction of sp³-hybridized carbons (Fsp3) is 0.167. The van der Waals surface area contributed by atoms with Crippen molar-refractivity contribution in [2.24, 2.45) is 0 Å². The summed E-state index contributed by atoms with van der Waals surface area (Å²) >= 11 is 1.29. The van der Waals surface area contributed by atoms with E-state index in [0.717, 1.165) is 12.1 Å². The summed E-state index contributed by atoms with van der Waals surface area (Å²) in [6.07, 6.45) is -3.02. The second kappa shape index (κ2) is 5.28. The number of halogens is 3. The maximum atomic E-state index is 12.8. The van der Waals surface area contributed by atoms with Crippen LogP contribution in [0.2, 0.25) is 0 Å². The Morgan fingerprint density at radius 2 is 2.16 bits per heavy atom. The summed E-state index contributed by atoms with van der Waals surface area (Å²) in [6.45, 7) is -0.0351. The molecule has 1 aromatic carbocycles. The molecule has 0 spiro atoms. The highest BCUT2D eigenvalue weighted by atomic mass is 32.1. The van der Waals surface area contributed by atoms with E-state index in [1.165, 1.54) is 17.4 Å². The molecular weight excluding hydrogens is 277 g/mol. The smallest absolute Gasteiger partial charge is 0.420 e. The number of hydrogen-bond acceptors (Lipinski definition) is 4. The Labute approximate surface area is 110 Å². The van der Waals surface area contributed by atoms with Crippen LogP contribution in [0.4, 0.5) is 13.2 Å². The fourth-order valence-corrected chi connectivity index (χ4v) is 1.94. The molecule has 19 heavy (non-hydrogen) atoms. The van der Waals surface area contributed by atoms with Crippen LogP contribution < -0.4 is 4.74 Å². The molecule has 98 valence electrons. The number of thiazole rings is 1. The summed E-state index contributed by atoms with van der Waals surface area (Å²) in [5.41, 5.74) is -1.02. The molecule has 0 unspecified atom stereocenters. The van der Waals surface area contributed by atoms with Crippen LogP contribution in [0.1, 0.15) is 16.1 Å². The van der Waals surface area contributed by atoms with Gasteiger partial charge in [0, 0.05) is 11.6 Å². The molecule has 1 aromatic heterocycles. The van der Waals surface area contributed by atoms with E-state index in [1.807, 2.05) is 0 Å². The van der Waals surface area contributed by atoms with Crippen LogP contribution in [0, 0.1) is 11.3 Å². The second-order valence-electron chi connectivity index (χ2n) is 3.54. The highest BCUT2D eigenvalue weighted by Gasteiger charge is 2.34. The fourth-order valence-electron chi connectivity index (χ4n) is 1.41. The Hall–Kier alpha value is -2.07. The largest absolute Gasteiger partial charge is 0.486 e. The minimum absolute atomic E-state index is 0.0351. The van der Waals surface area contributed by atoms with E-state index < -0.39 is 11.7 Å². The number of ether oxygens (including phenoxy) is 1. The van der Waals surface area contributed by atoms with Gasteiger partial charge >= 0.3 is 6.18 Å². The number of benzene rings is 1. The van der Waals surface area contributed by atoms with Crippen LogP contribution in [-0.2, 0) is 12.8 Å². The predicted octanol–water partition coefficient (Wildman–Crippen LogP) is 3.61. The van der Waals surface area contributed by atoms with E-state index in [1.54, 1.807) is 17.6 Å². The van der Waals surface area contributed by atoms with Gasteiger partial charge in [-0.15, -0.1) is 11.3 Å². The van der Waals surface area contributed by atoms with E-state index >= 15 is 0 Å². The van der Waals surface area contributed by atoms with Gasteiger partial charge in [0.1, 0.15) is 17.4 Å². The van der Waals surface area contributed by atoms with Crippen molar-refractivity contribution >= 4 is 11.3 Å². The number of hydrogen-bond donors (Lipinski definition) is 0. The first-order valence-electron chi connectivity index (χ1n) is 5.13. The zero-order valence-corrected chi connectivity index (χ0v) is 10.3. The zero-order chi connectivity index (χ0) is 13.9. The lowest BCUT2D eigenvalue weighted by Gasteiger charge is -2.13. The Morgan fingerprint density at radius 3 is 2.74 bits per heavy atom. The van der Waals surface area contributed by atoms with Crippen molar-refractivity contribution in [2.45, 2.75) is 12.8 Å². The van der Waals surface area contributed by atoms with Crippen LogP contribution >= 0.6 is 11.3 Å². The van der Waals surface area contributed by atoms with E-state index in [4.69, 9.17) is 10.00 Å². The highest BCUT2D eigenvalue weighted by molar-refractivity contribution is 7.09. The van der Waals surface area contributed by atoms with Crippen LogP contribution in [0.5, 0.6) is 5.75 Å². The molecule has 0 fully saturated rings. The van der Waals surface area contributed by atoms with Crippen molar-refractivity contribution in [3.63, 3.8) is 0 Å².